The van der Waals surface area contributed by atoms with E-state index in [0.29, 0.717) is 34.9 Å². The molecular weight excluding hydrogens is 360 g/mol. The van der Waals surface area contributed by atoms with Gasteiger partial charge in [-0.3, -0.25) is 10.2 Å². The van der Waals surface area contributed by atoms with E-state index < -0.39 is 0 Å². The number of methoxy groups -OCH3 is 2. The lowest BCUT2D eigenvalue weighted by Gasteiger charge is -2.15. The number of carbonyl (C=O) groups is 1. The minimum absolute atomic E-state index is 0.0426. The summed E-state index contributed by atoms with van der Waals surface area (Å²) in [6.45, 7) is 2.41. The molecule has 0 atom stereocenters. The van der Waals surface area contributed by atoms with Crippen LogP contribution in [0.5, 0.6) is 11.5 Å². The smallest absolute Gasteiger partial charge is 0.251 e. The Morgan fingerprint density at radius 1 is 1.14 bits per heavy atom. The third-order valence-corrected chi connectivity index (χ3v) is 4.30. The largest absolute Gasteiger partial charge is 0.496 e. The molecule has 0 spiro atoms. The van der Waals surface area contributed by atoms with E-state index in [1.165, 1.54) is 0 Å². The second-order valence-corrected chi connectivity index (χ2v) is 6.12. The molecule has 0 aliphatic heterocycles. The number of carbonyl (C=O) groups excluding carboxylic acids is 1. The number of anilines is 1. The minimum atomic E-state index is -0.277. The lowest BCUT2D eigenvalue weighted by Crippen LogP contribution is -2.24. The fourth-order valence-electron chi connectivity index (χ4n) is 2.75. The summed E-state index contributed by atoms with van der Waals surface area (Å²) in [4.78, 5) is 12.6. The molecule has 8 nitrogen and oxygen atoms in total. The molecule has 2 aromatic carbocycles. The third-order valence-electron chi connectivity index (χ3n) is 4.30. The van der Waals surface area contributed by atoms with Gasteiger partial charge in [-0.2, -0.15) is 0 Å². The van der Waals surface area contributed by atoms with Crippen LogP contribution in [0, 0.1) is 12.3 Å². The van der Waals surface area contributed by atoms with Crippen molar-refractivity contribution < 1.29 is 19.4 Å². The van der Waals surface area contributed by atoms with Gasteiger partial charge in [-0.15, -0.1) is 0 Å². The highest BCUT2D eigenvalue weighted by Gasteiger charge is 2.14. The minimum Gasteiger partial charge on any atom is -0.496 e. The Bertz CT molecular complexity index is 842. The Balaban J connectivity index is 2.21. The average Bonchev–Trinajstić information content (AvgIpc) is 2.70. The molecule has 0 heterocycles. The number of benzene rings is 2. The molecule has 2 aromatic rings. The molecule has 0 saturated carbocycles. The maximum Gasteiger partial charge on any atom is 0.251 e. The molecule has 150 valence electrons. The lowest BCUT2D eigenvalue weighted by molar-refractivity contribution is 0.0950. The summed E-state index contributed by atoms with van der Waals surface area (Å²) >= 11 is 0. The van der Waals surface area contributed by atoms with E-state index >= 15 is 0 Å². The highest BCUT2D eigenvalue weighted by molar-refractivity contribution is 5.96. The van der Waals surface area contributed by atoms with E-state index in [2.05, 4.69) is 10.6 Å². The van der Waals surface area contributed by atoms with Gasteiger partial charge < -0.3 is 30.9 Å². The zero-order valence-electron chi connectivity index (χ0n) is 16.3. The van der Waals surface area contributed by atoms with Crippen LogP contribution in [0.1, 0.15) is 27.0 Å². The number of amidine groups is 1. The first-order valence-electron chi connectivity index (χ1n) is 8.74. The van der Waals surface area contributed by atoms with Crippen molar-refractivity contribution in [1.29, 1.82) is 5.41 Å². The molecule has 2 rings (SSSR count). The van der Waals surface area contributed by atoms with Crippen LogP contribution < -0.4 is 25.8 Å². The van der Waals surface area contributed by atoms with Gasteiger partial charge in [0.1, 0.15) is 17.3 Å². The quantitative estimate of drug-likeness (QED) is 0.329. The average molecular weight is 386 g/mol. The molecule has 6 N–H and O–H groups in total. The van der Waals surface area contributed by atoms with Crippen LogP contribution in [-0.4, -0.2) is 44.2 Å². The SMILES string of the molecule is COc1cc(C(=O)NCc2ccc(C(=N)N)cc2NCCO)cc(OC)c1C. The zero-order valence-corrected chi connectivity index (χ0v) is 16.3. The standard InChI is InChI=1S/C20H26N4O4/c1-12-17(27-2)9-15(10-18(12)28-3)20(26)24-11-14-5-4-13(19(21)22)8-16(14)23-6-7-25/h4-5,8-10,23,25H,6-7,11H2,1-3H3,(H3,21,22)(H,24,26). The van der Waals surface area contributed by atoms with Gasteiger partial charge in [-0.05, 0) is 30.7 Å². The van der Waals surface area contributed by atoms with E-state index in [1.807, 2.05) is 6.92 Å². The predicted molar refractivity (Wildman–Crippen MR) is 108 cm³/mol. The summed E-state index contributed by atoms with van der Waals surface area (Å²) in [6, 6.07) is 8.55. The number of ether oxygens (including phenoxy) is 2. The zero-order chi connectivity index (χ0) is 20.7. The normalized spacial score (nSPS) is 10.3. The molecule has 0 aliphatic rings. The second kappa shape index (κ2) is 9.61. The first-order valence-corrected chi connectivity index (χ1v) is 8.74. The topological polar surface area (TPSA) is 130 Å². The predicted octanol–water partition coefficient (Wildman–Crippen LogP) is 1.63. The Morgan fingerprint density at radius 2 is 1.79 bits per heavy atom. The number of aliphatic hydroxyl groups is 1. The van der Waals surface area contributed by atoms with E-state index in [9.17, 15) is 4.79 Å². The molecule has 0 aliphatic carbocycles. The van der Waals surface area contributed by atoms with Gasteiger partial charge in [0.25, 0.3) is 5.91 Å². The number of hydrogen-bond donors (Lipinski definition) is 5. The van der Waals surface area contributed by atoms with Gasteiger partial charge >= 0.3 is 0 Å². The number of nitrogens with one attached hydrogen (secondary N) is 3. The Hall–Kier alpha value is -3.26. The number of amides is 1. The fourth-order valence-corrected chi connectivity index (χ4v) is 2.75. The van der Waals surface area contributed by atoms with Crippen LogP contribution in [0.15, 0.2) is 30.3 Å². The summed E-state index contributed by atoms with van der Waals surface area (Å²) in [6.07, 6.45) is 0. The van der Waals surface area contributed by atoms with Crippen LogP contribution in [0.25, 0.3) is 0 Å². The number of hydrogen-bond acceptors (Lipinski definition) is 6. The Labute approximate surface area is 164 Å². The molecular formula is C20H26N4O4. The van der Waals surface area contributed by atoms with Crippen LogP contribution in [-0.2, 0) is 6.54 Å². The van der Waals surface area contributed by atoms with Crippen molar-refractivity contribution in [2.75, 3.05) is 32.7 Å². The Morgan fingerprint density at radius 3 is 2.32 bits per heavy atom. The molecule has 28 heavy (non-hydrogen) atoms. The van der Waals surface area contributed by atoms with Crippen LogP contribution in [0.3, 0.4) is 0 Å². The molecule has 8 heteroatoms. The first kappa shape index (κ1) is 21.0. The van der Waals surface area contributed by atoms with E-state index in [4.69, 9.17) is 25.7 Å². The summed E-state index contributed by atoms with van der Waals surface area (Å²) in [5.41, 5.74) is 8.83. The number of nitrogens with two attached hydrogens (primary N) is 1. The maximum atomic E-state index is 12.6. The highest BCUT2D eigenvalue weighted by Crippen LogP contribution is 2.29. The van der Waals surface area contributed by atoms with Gasteiger partial charge in [0.05, 0.1) is 20.8 Å². The molecule has 0 aromatic heterocycles. The second-order valence-electron chi connectivity index (χ2n) is 6.12. The Kier molecular flexibility index (Phi) is 7.22. The fraction of sp³-hybridized carbons (Fsp3) is 0.300. The van der Waals surface area contributed by atoms with Crippen molar-refractivity contribution in [3.63, 3.8) is 0 Å². The van der Waals surface area contributed by atoms with E-state index in [1.54, 1.807) is 44.6 Å². The van der Waals surface area contributed by atoms with Gasteiger partial charge in [-0.25, -0.2) is 0 Å². The van der Waals surface area contributed by atoms with Crippen molar-refractivity contribution in [2.45, 2.75) is 13.5 Å². The number of rotatable bonds is 9. The van der Waals surface area contributed by atoms with Crippen molar-refractivity contribution in [1.82, 2.24) is 5.32 Å². The van der Waals surface area contributed by atoms with Crippen LogP contribution in [0.2, 0.25) is 0 Å². The van der Waals surface area contributed by atoms with Crippen LogP contribution >= 0.6 is 0 Å². The summed E-state index contributed by atoms with van der Waals surface area (Å²) in [5.74, 6) is 0.808. The summed E-state index contributed by atoms with van der Waals surface area (Å²) in [5, 5.41) is 22.6. The van der Waals surface area contributed by atoms with Gasteiger partial charge in [0, 0.05) is 35.5 Å². The van der Waals surface area contributed by atoms with Crippen LogP contribution in [0.4, 0.5) is 5.69 Å². The van der Waals surface area contributed by atoms with Gasteiger partial charge in [-0.1, -0.05) is 12.1 Å². The molecule has 0 radical (unpaired) electrons. The summed E-state index contributed by atoms with van der Waals surface area (Å²) < 4.78 is 10.6. The maximum absolute atomic E-state index is 12.6. The monoisotopic (exact) mass is 386 g/mol. The van der Waals surface area contributed by atoms with Crippen molar-refractivity contribution in [3.8, 4) is 11.5 Å². The molecule has 0 saturated heterocycles. The molecule has 0 fully saturated rings. The van der Waals surface area contributed by atoms with Crippen molar-refractivity contribution in [2.24, 2.45) is 5.73 Å². The third kappa shape index (κ3) is 4.92. The molecule has 0 unspecified atom stereocenters. The molecule has 0 bridgehead atoms. The molecule has 1 amide bonds. The highest BCUT2D eigenvalue weighted by atomic mass is 16.5. The lowest BCUT2D eigenvalue weighted by atomic mass is 10.1. The number of nitrogen functional groups attached to an aromatic ring is 1. The van der Waals surface area contributed by atoms with Gasteiger partial charge in [0.15, 0.2) is 0 Å². The van der Waals surface area contributed by atoms with Crippen molar-refractivity contribution in [3.05, 3.63) is 52.6 Å². The van der Waals surface area contributed by atoms with E-state index in [-0.39, 0.29) is 24.9 Å². The number of aliphatic hydroxyl groups excluding tert-OH is 1. The van der Waals surface area contributed by atoms with Gasteiger partial charge in [0.2, 0.25) is 0 Å². The summed E-state index contributed by atoms with van der Waals surface area (Å²) in [7, 11) is 3.08. The van der Waals surface area contributed by atoms with E-state index in [0.717, 1.165) is 11.1 Å². The first-order chi connectivity index (χ1) is 13.4. The van der Waals surface area contributed by atoms with Crippen molar-refractivity contribution >= 4 is 17.4 Å².